The van der Waals surface area contributed by atoms with Crippen LogP contribution in [-0.4, -0.2) is 80.2 Å². The average molecular weight is 471 g/mol. The molecule has 1 amide bonds. The number of Topliss-reactive ketones (excluding diaryl/α,β-unsaturated/α-hetero) is 1. The van der Waals surface area contributed by atoms with E-state index in [1.807, 2.05) is 19.0 Å². The minimum absolute atomic E-state index is 0.0129. The quantitative estimate of drug-likeness (QED) is 0.327. The summed E-state index contributed by atoms with van der Waals surface area (Å²) in [6, 6.07) is 8.42. The van der Waals surface area contributed by atoms with Gasteiger partial charge in [-0.25, -0.2) is 0 Å². The third kappa shape index (κ3) is 4.79. The molecule has 34 heavy (non-hydrogen) atoms. The number of ether oxygens (including phenoxy) is 3. The molecular formula is C25H30N2O7. The second kappa shape index (κ2) is 10.5. The first-order chi connectivity index (χ1) is 16.2. The van der Waals surface area contributed by atoms with E-state index in [1.165, 1.54) is 38.4 Å². The van der Waals surface area contributed by atoms with Gasteiger partial charge in [0.2, 0.25) is 0 Å². The van der Waals surface area contributed by atoms with E-state index in [1.54, 1.807) is 24.3 Å². The summed E-state index contributed by atoms with van der Waals surface area (Å²) in [6.45, 7) is 0.976. The monoisotopic (exact) mass is 470 g/mol. The SMILES string of the molecule is COc1ccc(C(O)=C2C(=O)C(=O)N(CCCN(C)C)[C@@H]2c2cc(OC)ccc2OC)c(O)c1. The van der Waals surface area contributed by atoms with Crippen LogP contribution in [0.3, 0.4) is 0 Å². The average Bonchev–Trinajstić information content (AvgIpc) is 3.07. The van der Waals surface area contributed by atoms with Crippen LogP contribution in [0.15, 0.2) is 42.0 Å². The number of rotatable bonds is 9. The highest BCUT2D eigenvalue weighted by molar-refractivity contribution is 6.46. The summed E-state index contributed by atoms with van der Waals surface area (Å²) in [5, 5.41) is 21.7. The Morgan fingerprint density at radius 2 is 1.65 bits per heavy atom. The lowest BCUT2D eigenvalue weighted by molar-refractivity contribution is -0.140. The lowest BCUT2D eigenvalue weighted by Gasteiger charge is -2.27. The van der Waals surface area contributed by atoms with Gasteiger partial charge in [-0.2, -0.15) is 0 Å². The fourth-order valence-corrected chi connectivity index (χ4v) is 4.03. The Bertz CT molecular complexity index is 1110. The number of nitrogens with zero attached hydrogens (tertiary/aromatic N) is 2. The Hall–Kier alpha value is -3.72. The molecule has 9 heteroatoms. The third-order valence-electron chi connectivity index (χ3n) is 5.74. The molecule has 0 bridgehead atoms. The second-order valence-electron chi connectivity index (χ2n) is 8.14. The van der Waals surface area contributed by atoms with Crippen molar-refractivity contribution >= 4 is 17.4 Å². The molecule has 9 nitrogen and oxygen atoms in total. The van der Waals surface area contributed by atoms with Gasteiger partial charge >= 0.3 is 0 Å². The molecule has 2 aromatic carbocycles. The predicted octanol–water partition coefficient (Wildman–Crippen LogP) is 2.79. The number of amides is 1. The van der Waals surface area contributed by atoms with Crippen molar-refractivity contribution in [3.63, 3.8) is 0 Å². The van der Waals surface area contributed by atoms with Crippen LogP contribution in [0.1, 0.15) is 23.6 Å². The standard InChI is InChI=1S/C25H30N2O7/c1-26(2)11-6-12-27-22(18-13-15(32-3)8-10-20(18)34-5)21(24(30)25(27)31)23(29)17-9-7-16(33-4)14-19(17)28/h7-10,13-14,22,28-29H,6,11-12H2,1-5H3/t22-/m1/s1. The van der Waals surface area contributed by atoms with Gasteiger partial charge in [0.05, 0.1) is 38.5 Å². The van der Waals surface area contributed by atoms with Gasteiger partial charge in [0.1, 0.15) is 28.8 Å². The molecule has 0 unspecified atom stereocenters. The molecule has 1 heterocycles. The molecule has 182 valence electrons. The zero-order valence-electron chi connectivity index (χ0n) is 20.0. The van der Waals surface area contributed by atoms with Gasteiger partial charge in [-0.3, -0.25) is 9.59 Å². The highest BCUT2D eigenvalue weighted by Crippen LogP contribution is 2.45. The fourth-order valence-electron chi connectivity index (χ4n) is 4.03. The summed E-state index contributed by atoms with van der Waals surface area (Å²) in [5.74, 6) is -1.03. The van der Waals surface area contributed by atoms with E-state index >= 15 is 0 Å². The number of carbonyl (C=O) groups excluding carboxylic acids is 2. The third-order valence-corrected chi connectivity index (χ3v) is 5.74. The summed E-state index contributed by atoms with van der Waals surface area (Å²) in [6.07, 6.45) is 0.608. The minimum atomic E-state index is -0.936. The van der Waals surface area contributed by atoms with E-state index in [-0.39, 0.29) is 23.4 Å². The van der Waals surface area contributed by atoms with Gasteiger partial charge in [-0.15, -0.1) is 0 Å². The lowest BCUT2D eigenvalue weighted by atomic mass is 9.94. The zero-order chi connectivity index (χ0) is 25.0. The van der Waals surface area contributed by atoms with Crippen LogP contribution in [0.4, 0.5) is 0 Å². The van der Waals surface area contributed by atoms with E-state index in [2.05, 4.69) is 0 Å². The largest absolute Gasteiger partial charge is 0.507 e. The Labute approximate surface area is 198 Å². The van der Waals surface area contributed by atoms with Crippen LogP contribution in [0, 0.1) is 0 Å². The van der Waals surface area contributed by atoms with Crippen LogP contribution in [0.25, 0.3) is 5.76 Å². The van der Waals surface area contributed by atoms with E-state index in [9.17, 15) is 19.8 Å². The molecule has 1 saturated heterocycles. The van der Waals surface area contributed by atoms with Crippen LogP contribution in [-0.2, 0) is 9.59 Å². The van der Waals surface area contributed by atoms with Gasteiger partial charge < -0.3 is 34.2 Å². The van der Waals surface area contributed by atoms with E-state index in [0.717, 1.165) is 0 Å². The number of aliphatic hydroxyl groups is 1. The fraction of sp³-hybridized carbons (Fsp3) is 0.360. The van der Waals surface area contributed by atoms with E-state index < -0.39 is 23.5 Å². The second-order valence-corrected chi connectivity index (χ2v) is 8.14. The number of aromatic hydroxyl groups is 1. The van der Waals surface area contributed by atoms with Crippen molar-refractivity contribution in [2.45, 2.75) is 12.5 Å². The van der Waals surface area contributed by atoms with Crippen LogP contribution < -0.4 is 14.2 Å². The van der Waals surface area contributed by atoms with E-state index in [0.29, 0.717) is 35.8 Å². The Morgan fingerprint density at radius 3 is 2.24 bits per heavy atom. The number of carbonyl (C=O) groups is 2. The number of hydrogen-bond acceptors (Lipinski definition) is 8. The number of methoxy groups -OCH3 is 3. The molecule has 1 fully saturated rings. The molecule has 3 rings (SSSR count). The van der Waals surface area contributed by atoms with Gasteiger partial charge in [-0.1, -0.05) is 0 Å². The molecule has 0 saturated carbocycles. The maximum absolute atomic E-state index is 13.2. The molecule has 0 spiro atoms. The first kappa shape index (κ1) is 24.9. The number of ketones is 1. The topological polar surface area (TPSA) is 109 Å². The summed E-state index contributed by atoms with van der Waals surface area (Å²) >= 11 is 0. The highest BCUT2D eigenvalue weighted by atomic mass is 16.5. The van der Waals surface area contributed by atoms with Crippen molar-refractivity contribution in [1.82, 2.24) is 9.80 Å². The smallest absolute Gasteiger partial charge is 0.295 e. The molecule has 1 atom stereocenters. The minimum Gasteiger partial charge on any atom is -0.507 e. The van der Waals surface area contributed by atoms with Crippen molar-refractivity contribution in [2.75, 3.05) is 48.5 Å². The molecule has 0 radical (unpaired) electrons. The summed E-state index contributed by atoms with van der Waals surface area (Å²) < 4.78 is 16.0. The van der Waals surface area contributed by atoms with Crippen molar-refractivity contribution in [2.24, 2.45) is 0 Å². The highest BCUT2D eigenvalue weighted by Gasteiger charge is 2.47. The number of aliphatic hydroxyl groups excluding tert-OH is 1. The summed E-state index contributed by atoms with van der Waals surface area (Å²) in [4.78, 5) is 29.7. The first-order valence-electron chi connectivity index (χ1n) is 10.8. The van der Waals surface area contributed by atoms with Crippen LogP contribution in [0.2, 0.25) is 0 Å². The lowest BCUT2D eigenvalue weighted by Crippen LogP contribution is -2.32. The zero-order valence-corrected chi connectivity index (χ0v) is 20.0. The summed E-state index contributed by atoms with van der Waals surface area (Å²) in [5.41, 5.74) is 0.362. The maximum Gasteiger partial charge on any atom is 0.295 e. The number of phenolic OH excluding ortho intramolecular Hbond substituents is 1. The molecular weight excluding hydrogens is 440 g/mol. The maximum atomic E-state index is 13.2. The van der Waals surface area contributed by atoms with Crippen molar-refractivity contribution in [1.29, 1.82) is 0 Å². The number of likely N-dealkylation sites (tertiary alicyclic amines) is 1. The van der Waals surface area contributed by atoms with Crippen molar-refractivity contribution in [3.05, 3.63) is 53.1 Å². The molecule has 2 N–H and O–H groups in total. The Morgan fingerprint density at radius 1 is 1.00 bits per heavy atom. The number of benzene rings is 2. The summed E-state index contributed by atoms with van der Waals surface area (Å²) in [7, 11) is 8.28. The van der Waals surface area contributed by atoms with E-state index in [4.69, 9.17) is 14.2 Å². The number of hydrogen-bond donors (Lipinski definition) is 2. The van der Waals surface area contributed by atoms with Gasteiger partial charge in [0.15, 0.2) is 0 Å². The molecule has 2 aromatic rings. The number of phenols is 1. The first-order valence-corrected chi connectivity index (χ1v) is 10.8. The molecule has 1 aliphatic rings. The van der Waals surface area contributed by atoms with Crippen LogP contribution >= 0.6 is 0 Å². The van der Waals surface area contributed by atoms with Crippen molar-refractivity contribution in [3.8, 4) is 23.0 Å². The van der Waals surface area contributed by atoms with Crippen LogP contribution in [0.5, 0.6) is 23.0 Å². The molecule has 0 aromatic heterocycles. The normalized spacial score (nSPS) is 17.4. The van der Waals surface area contributed by atoms with Gasteiger partial charge in [0.25, 0.3) is 11.7 Å². The molecule has 0 aliphatic carbocycles. The molecule has 1 aliphatic heterocycles. The Kier molecular flexibility index (Phi) is 7.68. The van der Waals surface area contributed by atoms with Gasteiger partial charge in [0, 0.05) is 18.2 Å². The Balaban J connectivity index is 2.22. The van der Waals surface area contributed by atoms with Crippen molar-refractivity contribution < 1.29 is 34.0 Å². The predicted molar refractivity (Wildman–Crippen MR) is 126 cm³/mol. The van der Waals surface area contributed by atoms with Gasteiger partial charge in [-0.05, 0) is 57.4 Å².